The number of benzene rings is 1. The third-order valence-electron chi connectivity index (χ3n) is 3.79. The monoisotopic (exact) mass is 287 g/mol. The fourth-order valence-corrected chi connectivity index (χ4v) is 2.53. The molecule has 4 nitrogen and oxygen atoms in total. The highest BCUT2D eigenvalue weighted by atomic mass is 16.1. The van der Waals surface area contributed by atoms with Gasteiger partial charge in [0.25, 0.3) is 5.56 Å². The Morgan fingerprint density at radius 2 is 2.00 bits per heavy atom. The predicted octanol–water partition coefficient (Wildman–Crippen LogP) is 3.54. The lowest BCUT2D eigenvalue weighted by atomic mass is 10.1. The zero-order valence-electron chi connectivity index (χ0n) is 13.0. The van der Waals surface area contributed by atoms with E-state index in [2.05, 4.69) is 29.1 Å². The first-order chi connectivity index (χ1) is 10.3. The van der Waals surface area contributed by atoms with Crippen molar-refractivity contribution in [3.05, 3.63) is 40.4 Å². The van der Waals surface area contributed by atoms with Gasteiger partial charge in [-0.2, -0.15) is 0 Å². The molecule has 0 saturated heterocycles. The molecule has 0 aliphatic heterocycles. The van der Waals surface area contributed by atoms with Crippen LogP contribution in [-0.4, -0.2) is 16.5 Å². The van der Waals surface area contributed by atoms with Gasteiger partial charge in [0.2, 0.25) is 0 Å². The van der Waals surface area contributed by atoms with E-state index in [1.165, 1.54) is 25.7 Å². The zero-order chi connectivity index (χ0) is 15.1. The summed E-state index contributed by atoms with van der Waals surface area (Å²) < 4.78 is 0. The van der Waals surface area contributed by atoms with Crippen LogP contribution < -0.4 is 10.9 Å². The first-order valence-corrected chi connectivity index (χ1v) is 7.98. The quantitative estimate of drug-likeness (QED) is 0.730. The molecular formula is C17H25N3O. The highest BCUT2D eigenvalue weighted by Gasteiger charge is 2.12. The van der Waals surface area contributed by atoms with Crippen LogP contribution in [0.3, 0.4) is 0 Å². The Balaban J connectivity index is 2.09. The van der Waals surface area contributed by atoms with E-state index in [4.69, 9.17) is 0 Å². The Hall–Kier alpha value is -1.68. The lowest BCUT2D eigenvalue weighted by Gasteiger charge is -2.16. The highest BCUT2D eigenvalue weighted by Crippen LogP contribution is 2.14. The molecule has 1 aromatic carbocycles. The van der Waals surface area contributed by atoms with Crippen molar-refractivity contribution in [2.45, 2.75) is 52.0 Å². The summed E-state index contributed by atoms with van der Waals surface area (Å²) in [5, 5.41) is 4.16. The second-order valence-electron chi connectivity index (χ2n) is 5.44. The molecule has 2 N–H and O–H groups in total. The Morgan fingerprint density at radius 3 is 2.76 bits per heavy atom. The molecule has 0 amide bonds. The first-order valence-electron chi connectivity index (χ1n) is 7.98. The second-order valence-corrected chi connectivity index (χ2v) is 5.44. The molecule has 0 aliphatic carbocycles. The zero-order valence-corrected chi connectivity index (χ0v) is 13.0. The van der Waals surface area contributed by atoms with Crippen molar-refractivity contribution in [3.63, 3.8) is 0 Å². The summed E-state index contributed by atoms with van der Waals surface area (Å²) in [5.74, 6) is 0.747. The molecule has 21 heavy (non-hydrogen) atoms. The molecule has 0 unspecified atom stereocenters. The van der Waals surface area contributed by atoms with Crippen LogP contribution in [0.4, 0.5) is 0 Å². The molecular weight excluding hydrogens is 262 g/mol. The summed E-state index contributed by atoms with van der Waals surface area (Å²) in [7, 11) is 0. The van der Waals surface area contributed by atoms with Crippen LogP contribution in [0.5, 0.6) is 0 Å². The summed E-state index contributed by atoms with van der Waals surface area (Å²) in [5.41, 5.74) is 0.712. The third-order valence-corrected chi connectivity index (χ3v) is 3.79. The number of fused-ring (bicyclic) bond motifs is 1. The van der Waals surface area contributed by atoms with E-state index >= 15 is 0 Å². The van der Waals surface area contributed by atoms with Gasteiger partial charge in [0.05, 0.1) is 16.9 Å². The van der Waals surface area contributed by atoms with Crippen LogP contribution in [0.1, 0.15) is 57.8 Å². The van der Waals surface area contributed by atoms with Gasteiger partial charge in [-0.05, 0) is 31.5 Å². The van der Waals surface area contributed by atoms with E-state index in [1.807, 2.05) is 24.3 Å². The molecule has 0 aliphatic rings. The van der Waals surface area contributed by atoms with Crippen LogP contribution in [0.25, 0.3) is 10.9 Å². The van der Waals surface area contributed by atoms with Crippen LogP contribution >= 0.6 is 0 Å². The van der Waals surface area contributed by atoms with Crippen LogP contribution in [0.15, 0.2) is 29.1 Å². The molecule has 4 heteroatoms. The number of hydrogen-bond donors (Lipinski definition) is 2. The number of H-pyrrole nitrogens is 1. The van der Waals surface area contributed by atoms with Crippen molar-refractivity contribution in [1.29, 1.82) is 0 Å². The first kappa shape index (κ1) is 15.7. The maximum Gasteiger partial charge on any atom is 0.258 e. The maximum absolute atomic E-state index is 12.1. The molecule has 0 spiro atoms. The normalized spacial score (nSPS) is 12.7. The Bertz CT molecular complexity index is 621. The summed E-state index contributed by atoms with van der Waals surface area (Å²) in [4.78, 5) is 19.6. The smallest absolute Gasteiger partial charge is 0.258 e. The number of nitrogens with one attached hydrogen (secondary N) is 2. The van der Waals surface area contributed by atoms with Gasteiger partial charge in [-0.3, -0.25) is 4.79 Å². The highest BCUT2D eigenvalue weighted by molar-refractivity contribution is 5.77. The molecule has 0 radical (unpaired) electrons. The number of rotatable bonds is 8. The van der Waals surface area contributed by atoms with Crippen molar-refractivity contribution in [1.82, 2.24) is 15.3 Å². The van der Waals surface area contributed by atoms with Gasteiger partial charge in [-0.25, -0.2) is 4.98 Å². The number of aromatic nitrogens is 2. The number of aromatic amines is 1. The molecule has 1 atom stereocenters. The third kappa shape index (κ3) is 4.14. The summed E-state index contributed by atoms with van der Waals surface area (Å²) in [6.07, 6.45) is 5.86. The van der Waals surface area contributed by atoms with Crippen LogP contribution in [0.2, 0.25) is 0 Å². The van der Waals surface area contributed by atoms with Crippen molar-refractivity contribution in [2.75, 3.05) is 6.54 Å². The van der Waals surface area contributed by atoms with Gasteiger partial charge in [-0.1, -0.05) is 45.2 Å². The average Bonchev–Trinajstić information content (AvgIpc) is 2.51. The maximum atomic E-state index is 12.1. The number of nitrogens with zero attached hydrogens (tertiary/aromatic N) is 1. The van der Waals surface area contributed by atoms with Crippen molar-refractivity contribution in [2.24, 2.45) is 0 Å². The largest absolute Gasteiger partial charge is 0.309 e. The van der Waals surface area contributed by atoms with E-state index in [1.54, 1.807) is 0 Å². The molecule has 2 rings (SSSR count). The van der Waals surface area contributed by atoms with Gasteiger partial charge in [0.1, 0.15) is 5.82 Å². The summed E-state index contributed by atoms with van der Waals surface area (Å²) in [6.45, 7) is 5.29. The minimum Gasteiger partial charge on any atom is -0.309 e. The Kier molecular flexibility index (Phi) is 5.93. The SMILES string of the molecule is CCCCCCN[C@H](CC)c1nc2ccccc2c(=O)[nH]1. The van der Waals surface area contributed by atoms with E-state index in [9.17, 15) is 4.79 Å². The van der Waals surface area contributed by atoms with E-state index in [0.717, 1.165) is 24.3 Å². The second kappa shape index (κ2) is 7.93. The molecule has 0 fully saturated rings. The molecule has 114 valence electrons. The van der Waals surface area contributed by atoms with Crippen molar-refractivity contribution in [3.8, 4) is 0 Å². The lowest BCUT2D eigenvalue weighted by molar-refractivity contribution is 0.478. The molecule has 1 heterocycles. The molecule has 0 saturated carbocycles. The minimum atomic E-state index is -0.0539. The van der Waals surface area contributed by atoms with Gasteiger partial charge < -0.3 is 10.3 Å². The van der Waals surface area contributed by atoms with Crippen LogP contribution in [-0.2, 0) is 0 Å². The van der Waals surface area contributed by atoms with E-state index in [-0.39, 0.29) is 11.6 Å². The topological polar surface area (TPSA) is 57.8 Å². The standard InChI is InChI=1S/C17H25N3O/c1-3-5-6-9-12-18-14(4-2)16-19-15-11-8-7-10-13(15)17(21)20-16/h7-8,10-11,14,18H,3-6,9,12H2,1-2H3,(H,19,20,21)/t14-/m1/s1. The fourth-order valence-electron chi connectivity index (χ4n) is 2.53. The fraction of sp³-hybridized carbons (Fsp3) is 0.529. The Labute approximate surface area is 126 Å². The number of para-hydroxylation sites is 1. The number of unbranched alkanes of at least 4 members (excludes halogenated alkanes) is 3. The lowest BCUT2D eigenvalue weighted by Crippen LogP contribution is -2.26. The van der Waals surface area contributed by atoms with E-state index in [0.29, 0.717) is 5.39 Å². The van der Waals surface area contributed by atoms with Crippen LogP contribution in [0, 0.1) is 0 Å². The minimum absolute atomic E-state index is 0.0539. The molecule has 1 aromatic heterocycles. The van der Waals surface area contributed by atoms with Gasteiger partial charge in [0, 0.05) is 0 Å². The molecule has 2 aromatic rings. The van der Waals surface area contributed by atoms with E-state index < -0.39 is 0 Å². The van der Waals surface area contributed by atoms with Gasteiger partial charge in [0.15, 0.2) is 0 Å². The molecule has 0 bridgehead atoms. The van der Waals surface area contributed by atoms with Gasteiger partial charge >= 0.3 is 0 Å². The van der Waals surface area contributed by atoms with Crippen molar-refractivity contribution >= 4 is 10.9 Å². The van der Waals surface area contributed by atoms with Crippen molar-refractivity contribution < 1.29 is 0 Å². The predicted molar refractivity (Wildman–Crippen MR) is 87.5 cm³/mol. The average molecular weight is 287 g/mol. The summed E-state index contributed by atoms with van der Waals surface area (Å²) >= 11 is 0. The Morgan fingerprint density at radius 1 is 1.19 bits per heavy atom. The van der Waals surface area contributed by atoms with Gasteiger partial charge in [-0.15, -0.1) is 0 Å². The number of hydrogen-bond acceptors (Lipinski definition) is 3. The summed E-state index contributed by atoms with van der Waals surface area (Å²) in [6, 6.07) is 7.59.